The smallest absolute Gasteiger partial charge is 0.143 e. The summed E-state index contributed by atoms with van der Waals surface area (Å²) < 4.78 is 0. The number of nitrogens with zero attached hydrogens (tertiary/aromatic N) is 3. The standard InChI is InChI=1S/C19H19N5/c1-24(2)19-16-11-17(23-18(16)21-12-22-19)14-7-5-13(6-8-14)10-15-4-3-9-20-15/h3-9,11-12,20H,10H2,1-2H3,(H,21,22,23). The number of rotatable bonds is 4. The average molecular weight is 317 g/mol. The zero-order valence-electron chi connectivity index (χ0n) is 13.7. The average Bonchev–Trinajstić information content (AvgIpc) is 3.24. The first kappa shape index (κ1) is 14.5. The maximum atomic E-state index is 4.36. The molecule has 0 radical (unpaired) electrons. The second-order valence-corrected chi connectivity index (χ2v) is 6.11. The maximum absolute atomic E-state index is 4.36. The second kappa shape index (κ2) is 5.85. The predicted octanol–water partition coefficient (Wildman–Crippen LogP) is 3.61. The first-order chi connectivity index (χ1) is 11.7. The van der Waals surface area contributed by atoms with Crippen molar-refractivity contribution in [1.29, 1.82) is 0 Å². The first-order valence-corrected chi connectivity index (χ1v) is 7.93. The summed E-state index contributed by atoms with van der Waals surface area (Å²) in [5.74, 6) is 0.922. The fraction of sp³-hybridized carbons (Fsp3) is 0.158. The highest BCUT2D eigenvalue weighted by Gasteiger charge is 2.10. The Morgan fingerprint density at radius 2 is 1.88 bits per heavy atom. The summed E-state index contributed by atoms with van der Waals surface area (Å²) in [6.07, 6.45) is 4.46. The Bertz CT molecular complexity index is 949. The summed E-state index contributed by atoms with van der Waals surface area (Å²) >= 11 is 0. The van der Waals surface area contributed by atoms with Crippen molar-refractivity contribution < 1.29 is 0 Å². The predicted molar refractivity (Wildman–Crippen MR) is 97.3 cm³/mol. The molecule has 2 N–H and O–H groups in total. The van der Waals surface area contributed by atoms with Gasteiger partial charge in [0.1, 0.15) is 17.8 Å². The van der Waals surface area contributed by atoms with E-state index in [0.717, 1.165) is 34.5 Å². The third-order valence-corrected chi connectivity index (χ3v) is 4.15. The van der Waals surface area contributed by atoms with Gasteiger partial charge in [-0.25, -0.2) is 9.97 Å². The van der Waals surface area contributed by atoms with Crippen molar-refractivity contribution in [1.82, 2.24) is 19.9 Å². The molecule has 0 amide bonds. The number of H-pyrrole nitrogens is 2. The molecular formula is C19H19N5. The van der Waals surface area contributed by atoms with Crippen LogP contribution in [0.5, 0.6) is 0 Å². The first-order valence-electron chi connectivity index (χ1n) is 7.93. The summed E-state index contributed by atoms with van der Waals surface area (Å²) in [5.41, 5.74) is 5.57. The molecule has 5 nitrogen and oxygen atoms in total. The maximum Gasteiger partial charge on any atom is 0.143 e. The third-order valence-electron chi connectivity index (χ3n) is 4.15. The van der Waals surface area contributed by atoms with Gasteiger partial charge < -0.3 is 14.9 Å². The minimum absolute atomic E-state index is 0.860. The van der Waals surface area contributed by atoms with E-state index in [1.807, 2.05) is 31.3 Å². The van der Waals surface area contributed by atoms with Crippen molar-refractivity contribution >= 4 is 16.9 Å². The van der Waals surface area contributed by atoms with E-state index in [2.05, 4.69) is 56.3 Å². The van der Waals surface area contributed by atoms with Gasteiger partial charge in [-0.15, -0.1) is 0 Å². The van der Waals surface area contributed by atoms with Crippen molar-refractivity contribution in [2.45, 2.75) is 6.42 Å². The molecule has 0 aliphatic carbocycles. The molecule has 0 spiro atoms. The molecule has 24 heavy (non-hydrogen) atoms. The van der Waals surface area contributed by atoms with Gasteiger partial charge in [0.2, 0.25) is 0 Å². The highest BCUT2D eigenvalue weighted by atomic mass is 15.1. The third kappa shape index (κ3) is 2.65. The topological polar surface area (TPSA) is 60.6 Å². The SMILES string of the molecule is CN(C)c1ncnc2[nH]c(-c3ccc(Cc4ccc[nH]4)cc3)cc12. The highest BCUT2D eigenvalue weighted by molar-refractivity contribution is 5.91. The molecule has 4 rings (SSSR count). The van der Waals surface area contributed by atoms with Crippen LogP contribution in [0.15, 0.2) is 55.0 Å². The van der Waals surface area contributed by atoms with E-state index in [-0.39, 0.29) is 0 Å². The molecular weight excluding hydrogens is 298 g/mol. The monoisotopic (exact) mass is 317 g/mol. The Labute approximate surface area is 140 Å². The minimum Gasteiger partial charge on any atom is -0.365 e. The van der Waals surface area contributed by atoms with E-state index in [4.69, 9.17) is 0 Å². The van der Waals surface area contributed by atoms with Crippen LogP contribution >= 0.6 is 0 Å². The summed E-state index contributed by atoms with van der Waals surface area (Å²) in [6.45, 7) is 0. The number of hydrogen-bond acceptors (Lipinski definition) is 3. The van der Waals surface area contributed by atoms with Gasteiger partial charge >= 0.3 is 0 Å². The lowest BCUT2D eigenvalue weighted by atomic mass is 10.1. The van der Waals surface area contributed by atoms with Gasteiger partial charge in [0.15, 0.2) is 0 Å². The molecule has 0 saturated carbocycles. The normalized spacial score (nSPS) is 11.1. The van der Waals surface area contributed by atoms with Crippen LogP contribution in [0.3, 0.4) is 0 Å². The van der Waals surface area contributed by atoms with Crippen molar-refractivity contribution in [3.63, 3.8) is 0 Å². The van der Waals surface area contributed by atoms with Gasteiger partial charge in [0.25, 0.3) is 0 Å². The van der Waals surface area contributed by atoms with Crippen molar-refractivity contribution in [2.75, 3.05) is 19.0 Å². The fourth-order valence-electron chi connectivity index (χ4n) is 2.94. The van der Waals surface area contributed by atoms with Crippen LogP contribution in [0.2, 0.25) is 0 Å². The van der Waals surface area contributed by atoms with Crippen molar-refractivity contribution in [3.05, 3.63) is 66.2 Å². The van der Waals surface area contributed by atoms with Gasteiger partial charge in [-0.05, 0) is 29.3 Å². The second-order valence-electron chi connectivity index (χ2n) is 6.11. The molecule has 0 atom stereocenters. The Hall–Kier alpha value is -3.08. The summed E-state index contributed by atoms with van der Waals surface area (Å²) in [7, 11) is 3.98. The molecule has 120 valence electrons. The van der Waals surface area contributed by atoms with E-state index < -0.39 is 0 Å². The molecule has 0 fully saturated rings. The number of nitrogens with one attached hydrogen (secondary N) is 2. The van der Waals surface area contributed by atoms with Crippen LogP contribution in [-0.2, 0) is 6.42 Å². The Morgan fingerprint density at radius 1 is 1.04 bits per heavy atom. The van der Waals surface area contributed by atoms with Crippen molar-refractivity contribution in [3.8, 4) is 11.3 Å². The Kier molecular flexibility index (Phi) is 3.54. The van der Waals surface area contributed by atoms with E-state index in [1.54, 1.807) is 6.33 Å². The van der Waals surface area contributed by atoms with Gasteiger partial charge in [0, 0.05) is 38.1 Å². The molecule has 0 saturated heterocycles. The Morgan fingerprint density at radius 3 is 2.58 bits per heavy atom. The lowest BCUT2D eigenvalue weighted by molar-refractivity contribution is 1.06. The van der Waals surface area contributed by atoms with E-state index in [0.29, 0.717) is 0 Å². The summed E-state index contributed by atoms with van der Waals surface area (Å²) in [6, 6.07) is 14.9. The molecule has 0 unspecified atom stereocenters. The van der Waals surface area contributed by atoms with E-state index in [1.165, 1.54) is 11.3 Å². The zero-order chi connectivity index (χ0) is 16.5. The van der Waals surface area contributed by atoms with Crippen molar-refractivity contribution in [2.24, 2.45) is 0 Å². The number of benzene rings is 1. The highest BCUT2D eigenvalue weighted by Crippen LogP contribution is 2.28. The Balaban J connectivity index is 1.66. The van der Waals surface area contributed by atoms with Crippen LogP contribution in [0, 0.1) is 0 Å². The number of fused-ring (bicyclic) bond motifs is 1. The van der Waals surface area contributed by atoms with Crippen LogP contribution in [0.4, 0.5) is 5.82 Å². The summed E-state index contributed by atoms with van der Waals surface area (Å²) in [5, 5.41) is 1.04. The molecule has 5 heteroatoms. The lowest BCUT2D eigenvalue weighted by Gasteiger charge is -2.10. The van der Waals surface area contributed by atoms with Gasteiger partial charge in [-0.3, -0.25) is 0 Å². The molecule has 4 aromatic rings. The van der Waals surface area contributed by atoms with Gasteiger partial charge in [-0.2, -0.15) is 0 Å². The number of aromatic nitrogens is 4. The molecule has 0 aliphatic rings. The largest absolute Gasteiger partial charge is 0.365 e. The summed E-state index contributed by atoms with van der Waals surface area (Å²) in [4.78, 5) is 17.3. The zero-order valence-corrected chi connectivity index (χ0v) is 13.7. The number of hydrogen-bond donors (Lipinski definition) is 2. The minimum atomic E-state index is 0.860. The van der Waals surface area contributed by atoms with E-state index >= 15 is 0 Å². The molecule has 3 heterocycles. The number of anilines is 1. The van der Waals surface area contributed by atoms with Crippen LogP contribution in [0.1, 0.15) is 11.3 Å². The van der Waals surface area contributed by atoms with Crippen LogP contribution < -0.4 is 4.90 Å². The van der Waals surface area contributed by atoms with Gasteiger partial charge in [0.05, 0.1) is 5.39 Å². The molecule has 0 bridgehead atoms. The number of aromatic amines is 2. The van der Waals surface area contributed by atoms with E-state index in [9.17, 15) is 0 Å². The fourth-order valence-corrected chi connectivity index (χ4v) is 2.94. The molecule has 0 aliphatic heterocycles. The quantitative estimate of drug-likeness (QED) is 0.604. The molecule has 3 aromatic heterocycles. The lowest BCUT2D eigenvalue weighted by Crippen LogP contribution is -2.10. The molecule has 1 aromatic carbocycles. The van der Waals surface area contributed by atoms with Gasteiger partial charge in [-0.1, -0.05) is 24.3 Å². The van der Waals surface area contributed by atoms with Crippen LogP contribution in [-0.4, -0.2) is 34.0 Å². The van der Waals surface area contributed by atoms with Crippen LogP contribution in [0.25, 0.3) is 22.3 Å².